The zero-order chi connectivity index (χ0) is 18.4. The number of benzene rings is 1. The number of halogens is 1. The number of thiophene rings is 1. The van der Waals surface area contributed by atoms with Gasteiger partial charge in [-0.2, -0.15) is 0 Å². The largest absolute Gasteiger partial charge is 0.331 e. The fraction of sp³-hybridized carbons (Fsp3) is 0.350. The van der Waals surface area contributed by atoms with E-state index in [0.717, 1.165) is 34.3 Å². The Hall–Kier alpha value is -2.34. The molecule has 0 spiro atoms. The average molecular weight is 369 g/mol. The normalized spacial score (nSPS) is 14.0. The summed E-state index contributed by atoms with van der Waals surface area (Å²) in [5.41, 5.74) is 2.37. The van der Waals surface area contributed by atoms with Crippen LogP contribution < -0.4 is 0 Å². The van der Waals surface area contributed by atoms with E-state index in [1.165, 1.54) is 17.4 Å². The van der Waals surface area contributed by atoms with Crippen LogP contribution in [-0.4, -0.2) is 26.8 Å². The summed E-state index contributed by atoms with van der Waals surface area (Å²) in [5, 5.41) is 0.964. The number of rotatable bonds is 4. The van der Waals surface area contributed by atoms with Crippen LogP contribution in [0.1, 0.15) is 45.2 Å². The van der Waals surface area contributed by atoms with Crippen molar-refractivity contribution < 1.29 is 9.18 Å². The van der Waals surface area contributed by atoms with E-state index < -0.39 is 0 Å². The van der Waals surface area contributed by atoms with Crippen molar-refractivity contribution in [3.05, 3.63) is 57.6 Å². The van der Waals surface area contributed by atoms with Gasteiger partial charge in [-0.1, -0.05) is 18.2 Å². The molecule has 134 valence electrons. The Labute approximate surface area is 155 Å². The highest BCUT2D eigenvalue weighted by molar-refractivity contribution is 7.20. The minimum atomic E-state index is -0.267. The molecule has 1 aliphatic carbocycles. The van der Waals surface area contributed by atoms with Gasteiger partial charge in [0.25, 0.3) is 5.91 Å². The van der Waals surface area contributed by atoms with Gasteiger partial charge in [0.2, 0.25) is 0 Å². The highest BCUT2D eigenvalue weighted by atomic mass is 32.1. The van der Waals surface area contributed by atoms with Crippen molar-refractivity contribution in [2.45, 2.75) is 46.2 Å². The molecule has 0 atom stereocenters. The first-order valence-electron chi connectivity index (χ1n) is 8.74. The third-order valence-electron chi connectivity index (χ3n) is 4.82. The van der Waals surface area contributed by atoms with E-state index in [-0.39, 0.29) is 17.8 Å². The fourth-order valence-electron chi connectivity index (χ4n) is 3.37. The van der Waals surface area contributed by atoms with Gasteiger partial charge in [-0.15, -0.1) is 11.3 Å². The number of fused-ring (bicyclic) bond motifs is 1. The summed E-state index contributed by atoms with van der Waals surface area (Å²) in [4.78, 5) is 25.6. The Balaban J connectivity index is 1.73. The van der Waals surface area contributed by atoms with Gasteiger partial charge < -0.3 is 4.90 Å². The van der Waals surface area contributed by atoms with E-state index in [1.807, 2.05) is 25.7 Å². The Morgan fingerprint density at radius 1 is 1.23 bits per heavy atom. The highest BCUT2D eigenvalue weighted by Gasteiger charge is 2.35. The van der Waals surface area contributed by atoms with Crippen molar-refractivity contribution in [2.75, 3.05) is 0 Å². The first-order valence-corrected chi connectivity index (χ1v) is 9.56. The number of aromatic nitrogens is 2. The molecule has 1 amide bonds. The van der Waals surface area contributed by atoms with Crippen molar-refractivity contribution in [1.29, 1.82) is 0 Å². The third kappa shape index (κ3) is 2.98. The topological polar surface area (TPSA) is 46.1 Å². The van der Waals surface area contributed by atoms with Gasteiger partial charge in [0.15, 0.2) is 0 Å². The first-order chi connectivity index (χ1) is 12.5. The highest BCUT2D eigenvalue weighted by Crippen LogP contribution is 2.36. The summed E-state index contributed by atoms with van der Waals surface area (Å²) in [7, 11) is 0. The van der Waals surface area contributed by atoms with Crippen LogP contribution in [0.2, 0.25) is 0 Å². The molecule has 1 aromatic carbocycles. The molecule has 3 aromatic rings. The second-order valence-electron chi connectivity index (χ2n) is 6.85. The van der Waals surface area contributed by atoms with E-state index in [4.69, 9.17) is 0 Å². The number of aryl methyl sites for hydroxylation is 3. The molecule has 1 aliphatic rings. The standard InChI is InChI=1S/C20H20FN3OS/c1-11-17-12(2)22-13(3)23-19(17)26-18(11)20(25)24(15-8-9-15)10-14-6-4-5-7-16(14)21/h4-7,15H,8-10H2,1-3H3. The van der Waals surface area contributed by atoms with Crippen molar-refractivity contribution in [3.63, 3.8) is 0 Å². The van der Waals surface area contributed by atoms with Crippen LogP contribution in [0.5, 0.6) is 0 Å². The predicted octanol–water partition coefficient (Wildman–Crippen LogP) is 4.56. The van der Waals surface area contributed by atoms with Crippen molar-refractivity contribution in [3.8, 4) is 0 Å². The molecule has 1 saturated carbocycles. The Bertz CT molecular complexity index is 1010. The molecule has 0 aliphatic heterocycles. The SMILES string of the molecule is Cc1nc(C)c2c(C)c(C(=O)N(Cc3ccccc3F)C3CC3)sc2n1. The number of amides is 1. The lowest BCUT2D eigenvalue weighted by molar-refractivity contribution is 0.0732. The van der Waals surface area contributed by atoms with Crippen molar-refractivity contribution >= 4 is 27.5 Å². The summed E-state index contributed by atoms with van der Waals surface area (Å²) in [5.74, 6) is 0.408. The summed E-state index contributed by atoms with van der Waals surface area (Å²) in [6.45, 7) is 6.06. The molecule has 0 saturated heterocycles. The number of hydrogen-bond acceptors (Lipinski definition) is 4. The lowest BCUT2D eigenvalue weighted by Crippen LogP contribution is -2.32. The molecule has 4 nitrogen and oxygen atoms in total. The second-order valence-corrected chi connectivity index (χ2v) is 7.85. The summed E-state index contributed by atoms with van der Waals surface area (Å²) in [6.07, 6.45) is 1.95. The minimum Gasteiger partial charge on any atom is -0.331 e. The van der Waals surface area contributed by atoms with Gasteiger partial charge in [-0.3, -0.25) is 4.79 Å². The summed E-state index contributed by atoms with van der Waals surface area (Å²) in [6, 6.07) is 6.86. The lowest BCUT2D eigenvalue weighted by Gasteiger charge is -2.22. The molecule has 1 fully saturated rings. The first kappa shape index (κ1) is 17.1. The van der Waals surface area contributed by atoms with E-state index >= 15 is 0 Å². The van der Waals surface area contributed by atoms with Gasteiger partial charge in [0, 0.05) is 29.2 Å². The number of carbonyl (C=O) groups excluding carboxylic acids is 1. The molecule has 26 heavy (non-hydrogen) atoms. The monoisotopic (exact) mass is 369 g/mol. The van der Waals surface area contributed by atoms with E-state index in [2.05, 4.69) is 9.97 Å². The third-order valence-corrected chi connectivity index (χ3v) is 6.00. The Morgan fingerprint density at radius 3 is 2.65 bits per heavy atom. The summed E-state index contributed by atoms with van der Waals surface area (Å²) < 4.78 is 14.1. The van der Waals surface area contributed by atoms with Crippen LogP contribution in [0.15, 0.2) is 24.3 Å². The molecule has 2 heterocycles. The zero-order valence-electron chi connectivity index (χ0n) is 15.0. The molecule has 0 radical (unpaired) electrons. The Kier molecular flexibility index (Phi) is 4.23. The quantitative estimate of drug-likeness (QED) is 0.677. The van der Waals surface area contributed by atoms with Gasteiger partial charge >= 0.3 is 0 Å². The van der Waals surface area contributed by atoms with Crippen LogP contribution in [0, 0.1) is 26.6 Å². The molecule has 0 N–H and O–H groups in total. The average Bonchev–Trinajstić information content (AvgIpc) is 3.37. The Morgan fingerprint density at radius 2 is 1.96 bits per heavy atom. The smallest absolute Gasteiger partial charge is 0.264 e. The zero-order valence-corrected chi connectivity index (χ0v) is 15.9. The maximum absolute atomic E-state index is 14.1. The minimum absolute atomic E-state index is 0.0340. The molecular formula is C20H20FN3OS. The second kappa shape index (κ2) is 6.43. The van der Waals surface area contributed by atoms with Gasteiger partial charge in [0.1, 0.15) is 16.5 Å². The van der Waals surface area contributed by atoms with E-state index in [0.29, 0.717) is 22.8 Å². The molecule has 0 bridgehead atoms. The predicted molar refractivity (Wildman–Crippen MR) is 101 cm³/mol. The van der Waals surface area contributed by atoms with Crippen LogP contribution in [0.3, 0.4) is 0 Å². The lowest BCUT2D eigenvalue weighted by atomic mass is 10.1. The van der Waals surface area contributed by atoms with E-state index in [1.54, 1.807) is 18.2 Å². The van der Waals surface area contributed by atoms with Gasteiger partial charge in [-0.05, 0) is 45.2 Å². The fourth-order valence-corrected chi connectivity index (χ4v) is 4.60. The van der Waals surface area contributed by atoms with E-state index in [9.17, 15) is 9.18 Å². The van der Waals surface area contributed by atoms with Crippen LogP contribution in [0.4, 0.5) is 4.39 Å². The molecule has 4 rings (SSSR count). The molecular weight excluding hydrogens is 349 g/mol. The maximum atomic E-state index is 14.1. The van der Waals surface area contributed by atoms with Gasteiger partial charge in [0.05, 0.1) is 4.88 Å². The molecule has 2 aromatic heterocycles. The van der Waals surface area contributed by atoms with Crippen LogP contribution >= 0.6 is 11.3 Å². The maximum Gasteiger partial charge on any atom is 0.264 e. The van der Waals surface area contributed by atoms with Crippen molar-refractivity contribution in [2.24, 2.45) is 0 Å². The van der Waals surface area contributed by atoms with Crippen LogP contribution in [0.25, 0.3) is 10.2 Å². The van der Waals surface area contributed by atoms with Crippen molar-refractivity contribution in [1.82, 2.24) is 14.9 Å². The summed E-state index contributed by atoms with van der Waals surface area (Å²) >= 11 is 1.41. The number of nitrogens with zero attached hydrogens (tertiary/aromatic N) is 3. The molecule has 0 unspecified atom stereocenters. The number of hydrogen-bond donors (Lipinski definition) is 0. The van der Waals surface area contributed by atoms with Crippen LogP contribution in [-0.2, 0) is 6.54 Å². The molecule has 6 heteroatoms. The number of carbonyl (C=O) groups is 1. The van der Waals surface area contributed by atoms with Gasteiger partial charge in [-0.25, -0.2) is 14.4 Å².